The normalized spacial score (nSPS) is 14.8. The van der Waals surface area contributed by atoms with Crippen LogP contribution in [0.5, 0.6) is 5.75 Å². The minimum atomic E-state index is -1.15. The Balaban J connectivity index is 1.46. The highest BCUT2D eigenvalue weighted by atomic mass is 35.5. The summed E-state index contributed by atoms with van der Waals surface area (Å²) in [5, 5.41) is 4.36. The number of ether oxygens (including phenoxy) is 1. The number of carbonyl (C=O) groups is 3. The number of halogens is 2. The molecule has 3 aromatic rings. The number of benzene rings is 3. The van der Waals surface area contributed by atoms with Gasteiger partial charge in [-0.1, -0.05) is 43.9 Å². The molecule has 0 aliphatic carbocycles. The number of hydrogen-bond acceptors (Lipinski definition) is 5. The minimum Gasteiger partial charge on any atom is -0.494 e. The van der Waals surface area contributed by atoms with Gasteiger partial charge in [0, 0.05) is 16.3 Å². The average molecular weight is 597 g/mol. The van der Waals surface area contributed by atoms with Gasteiger partial charge in [-0.05, 0) is 85.4 Å². The van der Waals surface area contributed by atoms with Crippen molar-refractivity contribution in [2.24, 2.45) is 0 Å². The van der Waals surface area contributed by atoms with Gasteiger partial charge >= 0.3 is 0 Å². The van der Waals surface area contributed by atoms with Gasteiger partial charge in [0.15, 0.2) is 0 Å². The molecule has 0 spiro atoms. The molecule has 0 saturated carbocycles. The number of carbonyl (C=O) groups excluding carboxylic acids is 3. The lowest BCUT2D eigenvalue weighted by atomic mass is 10.1. The molecule has 1 fully saturated rings. The van der Waals surface area contributed by atoms with E-state index in [0.717, 1.165) is 30.3 Å². The van der Waals surface area contributed by atoms with Crippen LogP contribution in [-0.4, -0.2) is 40.5 Å². The standard InChI is InChI=1S/C30H30ClFN4O4S/c1-2-3-4-5-17-40-25-15-11-23(12-16-25)33-27(37)19-26-29(39)35(24-13-9-21(31)10-14-24)30(41)36(26)34-28(38)20-7-6-8-22(32)18-20/h6-16,18,26H,2-5,17,19H2,1H3,(H,33,37)(H,34,38). The number of rotatable bonds is 12. The highest BCUT2D eigenvalue weighted by Crippen LogP contribution is 2.28. The Bertz CT molecular complexity index is 1400. The average Bonchev–Trinajstić information content (AvgIpc) is 3.18. The number of hydrazine groups is 1. The second kappa shape index (κ2) is 14.0. The molecule has 2 N–H and O–H groups in total. The summed E-state index contributed by atoms with van der Waals surface area (Å²) >= 11 is 11.5. The summed E-state index contributed by atoms with van der Waals surface area (Å²) in [4.78, 5) is 40.7. The van der Waals surface area contributed by atoms with E-state index >= 15 is 0 Å². The molecule has 214 valence electrons. The summed E-state index contributed by atoms with van der Waals surface area (Å²) in [6, 6.07) is 17.3. The molecule has 3 aromatic carbocycles. The van der Waals surface area contributed by atoms with Gasteiger partial charge in [0.2, 0.25) is 11.0 Å². The molecule has 1 aliphatic rings. The number of amides is 3. The van der Waals surface area contributed by atoms with E-state index in [4.69, 9.17) is 28.6 Å². The molecule has 41 heavy (non-hydrogen) atoms. The number of unbranched alkanes of at least 4 members (excludes halogenated alkanes) is 3. The van der Waals surface area contributed by atoms with Crippen LogP contribution in [0.2, 0.25) is 5.02 Å². The monoisotopic (exact) mass is 596 g/mol. The van der Waals surface area contributed by atoms with E-state index in [-0.39, 0.29) is 17.1 Å². The molecule has 1 atom stereocenters. The first-order valence-corrected chi connectivity index (χ1v) is 14.1. The topological polar surface area (TPSA) is 91.0 Å². The van der Waals surface area contributed by atoms with E-state index in [1.165, 1.54) is 29.5 Å². The van der Waals surface area contributed by atoms with Crippen LogP contribution in [0.1, 0.15) is 49.4 Å². The Kier molecular flexibility index (Phi) is 10.3. The van der Waals surface area contributed by atoms with Crippen molar-refractivity contribution in [2.45, 2.75) is 45.1 Å². The van der Waals surface area contributed by atoms with Gasteiger partial charge < -0.3 is 10.1 Å². The lowest BCUT2D eigenvalue weighted by Crippen LogP contribution is -2.49. The van der Waals surface area contributed by atoms with E-state index in [1.807, 2.05) is 0 Å². The number of hydrogen-bond donors (Lipinski definition) is 2. The third-order valence-corrected chi connectivity index (χ3v) is 7.02. The predicted octanol–water partition coefficient (Wildman–Crippen LogP) is 6.11. The predicted molar refractivity (Wildman–Crippen MR) is 160 cm³/mol. The fraction of sp³-hybridized carbons (Fsp3) is 0.267. The second-order valence-corrected chi connectivity index (χ2v) is 10.3. The smallest absolute Gasteiger partial charge is 0.269 e. The maximum absolute atomic E-state index is 13.7. The third kappa shape index (κ3) is 7.80. The lowest BCUT2D eigenvalue weighted by molar-refractivity contribution is -0.124. The first-order chi connectivity index (χ1) is 19.8. The molecule has 1 saturated heterocycles. The van der Waals surface area contributed by atoms with Gasteiger partial charge in [0.05, 0.1) is 18.7 Å². The van der Waals surface area contributed by atoms with Crippen molar-refractivity contribution in [1.82, 2.24) is 10.4 Å². The van der Waals surface area contributed by atoms with Crippen LogP contribution in [0.3, 0.4) is 0 Å². The van der Waals surface area contributed by atoms with Crippen molar-refractivity contribution >= 4 is 58.0 Å². The van der Waals surface area contributed by atoms with E-state index < -0.39 is 29.6 Å². The summed E-state index contributed by atoms with van der Waals surface area (Å²) in [7, 11) is 0. The summed E-state index contributed by atoms with van der Waals surface area (Å²) < 4.78 is 19.5. The van der Waals surface area contributed by atoms with Crippen LogP contribution in [0.4, 0.5) is 15.8 Å². The molecule has 0 aromatic heterocycles. The SMILES string of the molecule is CCCCCCOc1ccc(NC(=O)CC2C(=O)N(c3ccc(Cl)cc3)C(=S)N2NC(=O)c2cccc(F)c2)cc1. The highest BCUT2D eigenvalue weighted by molar-refractivity contribution is 7.80. The van der Waals surface area contributed by atoms with E-state index in [2.05, 4.69) is 17.7 Å². The van der Waals surface area contributed by atoms with Gasteiger partial charge in [-0.3, -0.25) is 24.7 Å². The van der Waals surface area contributed by atoms with Crippen LogP contribution in [0, 0.1) is 5.82 Å². The van der Waals surface area contributed by atoms with Gasteiger partial charge in [-0.15, -0.1) is 0 Å². The zero-order valence-electron chi connectivity index (χ0n) is 22.4. The molecule has 4 rings (SSSR count). The molecule has 1 aliphatic heterocycles. The molecular formula is C30H30ClFN4O4S. The molecular weight excluding hydrogens is 567 g/mol. The first kappa shape index (κ1) is 30.0. The summed E-state index contributed by atoms with van der Waals surface area (Å²) in [6.45, 7) is 2.78. The zero-order valence-corrected chi connectivity index (χ0v) is 24.0. The van der Waals surface area contributed by atoms with Gasteiger partial charge in [0.1, 0.15) is 17.6 Å². The van der Waals surface area contributed by atoms with Gasteiger partial charge in [-0.2, -0.15) is 0 Å². The zero-order chi connectivity index (χ0) is 29.4. The Morgan fingerprint density at radius 2 is 1.76 bits per heavy atom. The molecule has 0 radical (unpaired) electrons. The summed E-state index contributed by atoms with van der Waals surface area (Å²) in [6.07, 6.45) is 4.10. The lowest BCUT2D eigenvalue weighted by Gasteiger charge is -2.24. The molecule has 1 heterocycles. The summed E-state index contributed by atoms with van der Waals surface area (Å²) in [5.41, 5.74) is 3.54. The van der Waals surface area contributed by atoms with Gasteiger partial charge in [-0.25, -0.2) is 9.40 Å². The largest absolute Gasteiger partial charge is 0.494 e. The minimum absolute atomic E-state index is 0.0288. The number of anilines is 2. The first-order valence-electron chi connectivity index (χ1n) is 13.3. The Labute approximate surface area is 248 Å². The van der Waals surface area contributed by atoms with Crippen molar-refractivity contribution in [1.29, 1.82) is 0 Å². The maximum atomic E-state index is 13.7. The van der Waals surface area contributed by atoms with Crippen molar-refractivity contribution in [3.63, 3.8) is 0 Å². The van der Waals surface area contributed by atoms with Crippen molar-refractivity contribution in [3.8, 4) is 5.75 Å². The molecule has 11 heteroatoms. The van der Waals surface area contributed by atoms with E-state index in [0.29, 0.717) is 28.8 Å². The van der Waals surface area contributed by atoms with E-state index in [9.17, 15) is 18.8 Å². The third-order valence-electron chi connectivity index (χ3n) is 6.39. The fourth-order valence-electron chi connectivity index (χ4n) is 4.27. The molecule has 1 unspecified atom stereocenters. The van der Waals surface area contributed by atoms with Crippen molar-refractivity contribution in [2.75, 3.05) is 16.8 Å². The van der Waals surface area contributed by atoms with Crippen LogP contribution in [-0.2, 0) is 9.59 Å². The number of nitrogens with one attached hydrogen (secondary N) is 2. The summed E-state index contributed by atoms with van der Waals surface area (Å²) in [5.74, 6) is -1.57. The number of nitrogens with zero attached hydrogens (tertiary/aromatic N) is 2. The highest BCUT2D eigenvalue weighted by Gasteiger charge is 2.45. The second-order valence-electron chi connectivity index (χ2n) is 9.46. The number of thiocarbonyl (C=S) groups is 1. The quantitative estimate of drug-likeness (QED) is 0.194. The van der Waals surface area contributed by atoms with Crippen LogP contribution < -0.4 is 20.4 Å². The molecule has 8 nitrogen and oxygen atoms in total. The van der Waals surface area contributed by atoms with Crippen LogP contribution in [0.15, 0.2) is 72.8 Å². The van der Waals surface area contributed by atoms with Gasteiger partial charge in [0.25, 0.3) is 11.8 Å². The fourth-order valence-corrected chi connectivity index (χ4v) is 4.77. The Morgan fingerprint density at radius 3 is 2.44 bits per heavy atom. The molecule has 3 amide bonds. The van der Waals surface area contributed by atoms with Crippen LogP contribution in [0.25, 0.3) is 0 Å². The Morgan fingerprint density at radius 1 is 1.02 bits per heavy atom. The maximum Gasteiger partial charge on any atom is 0.269 e. The Hall–Kier alpha value is -4.02. The van der Waals surface area contributed by atoms with Crippen molar-refractivity contribution < 1.29 is 23.5 Å². The van der Waals surface area contributed by atoms with Crippen molar-refractivity contribution in [3.05, 3.63) is 89.2 Å². The van der Waals surface area contributed by atoms with Crippen LogP contribution >= 0.6 is 23.8 Å². The van der Waals surface area contributed by atoms with E-state index in [1.54, 1.807) is 48.5 Å². The molecule has 0 bridgehead atoms.